The maximum Gasteiger partial charge on any atom is 0.228 e. The maximum absolute atomic E-state index is 13.2. The zero-order valence-corrected chi connectivity index (χ0v) is 11.9. The summed E-state index contributed by atoms with van der Waals surface area (Å²) in [6.45, 7) is 4.23. The zero-order chi connectivity index (χ0) is 14.8. The number of nitriles is 1. The van der Waals surface area contributed by atoms with E-state index in [2.05, 4.69) is 19.2 Å². The molecule has 4 heteroatoms. The summed E-state index contributed by atoms with van der Waals surface area (Å²) in [6.07, 6.45) is 4.14. The van der Waals surface area contributed by atoms with Crippen LogP contribution in [0.3, 0.4) is 0 Å². The average Bonchev–Trinajstić information content (AvgIpc) is 2.40. The molecule has 1 fully saturated rings. The van der Waals surface area contributed by atoms with Gasteiger partial charge in [0, 0.05) is 11.6 Å². The maximum atomic E-state index is 13.2. The third kappa shape index (κ3) is 2.98. The summed E-state index contributed by atoms with van der Waals surface area (Å²) < 4.78 is 13.2. The second kappa shape index (κ2) is 5.62. The van der Waals surface area contributed by atoms with E-state index in [9.17, 15) is 9.18 Å². The Kier molecular flexibility index (Phi) is 4.08. The molecule has 3 nitrogen and oxygen atoms in total. The second-order valence-electron chi connectivity index (χ2n) is 6.08. The quantitative estimate of drug-likeness (QED) is 0.890. The van der Waals surface area contributed by atoms with E-state index in [0.29, 0.717) is 5.69 Å². The zero-order valence-electron chi connectivity index (χ0n) is 11.9. The van der Waals surface area contributed by atoms with Gasteiger partial charge in [0.05, 0.1) is 5.56 Å². The Bertz CT molecular complexity index is 560. The largest absolute Gasteiger partial charge is 0.326 e. The smallest absolute Gasteiger partial charge is 0.228 e. The Morgan fingerprint density at radius 2 is 2.20 bits per heavy atom. The van der Waals surface area contributed by atoms with Gasteiger partial charge in [0.25, 0.3) is 0 Å². The van der Waals surface area contributed by atoms with Gasteiger partial charge in [-0.25, -0.2) is 4.39 Å². The molecular formula is C16H19FN2O. The number of carbonyl (C=O) groups is 1. The molecule has 1 N–H and O–H groups in total. The van der Waals surface area contributed by atoms with Crippen LogP contribution in [0.1, 0.15) is 45.1 Å². The standard InChI is InChI=1S/C16H19FN2O/c1-16(2)8-4-3-5-13(16)15(20)19-12-6-7-14(17)11(9-12)10-18/h6-7,9,13H,3-5,8H2,1-2H3,(H,19,20). The van der Waals surface area contributed by atoms with Crippen molar-refractivity contribution in [3.05, 3.63) is 29.6 Å². The molecule has 0 aliphatic heterocycles. The number of hydrogen-bond donors (Lipinski definition) is 1. The van der Waals surface area contributed by atoms with Gasteiger partial charge >= 0.3 is 0 Å². The molecule has 1 aliphatic rings. The van der Waals surface area contributed by atoms with Crippen LogP contribution in [0.25, 0.3) is 0 Å². The highest BCUT2D eigenvalue weighted by molar-refractivity contribution is 5.93. The van der Waals surface area contributed by atoms with Crippen LogP contribution < -0.4 is 5.32 Å². The van der Waals surface area contributed by atoms with Crippen molar-refractivity contribution < 1.29 is 9.18 Å². The topological polar surface area (TPSA) is 52.9 Å². The number of hydrogen-bond acceptors (Lipinski definition) is 2. The highest BCUT2D eigenvalue weighted by Crippen LogP contribution is 2.41. The molecule has 106 valence electrons. The number of carbonyl (C=O) groups excluding carboxylic acids is 1. The van der Waals surface area contributed by atoms with Crippen molar-refractivity contribution in [2.45, 2.75) is 39.5 Å². The van der Waals surface area contributed by atoms with Crippen molar-refractivity contribution in [3.8, 4) is 6.07 Å². The van der Waals surface area contributed by atoms with E-state index in [-0.39, 0.29) is 22.8 Å². The second-order valence-corrected chi connectivity index (χ2v) is 6.08. The minimum atomic E-state index is -0.566. The van der Waals surface area contributed by atoms with Gasteiger partial charge in [-0.2, -0.15) is 5.26 Å². The SMILES string of the molecule is CC1(C)CCCCC1C(=O)Nc1ccc(F)c(C#N)c1. The van der Waals surface area contributed by atoms with E-state index in [0.717, 1.165) is 25.7 Å². The number of nitrogens with one attached hydrogen (secondary N) is 1. The van der Waals surface area contributed by atoms with Gasteiger partial charge in [-0.3, -0.25) is 4.79 Å². The number of amides is 1. The lowest BCUT2D eigenvalue weighted by molar-refractivity contribution is -0.124. The van der Waals surface area contributed by atoms with Crippen molar-refractivity contribution >= 4 is 11.6 Å². The number of benzene rings is 1. The molecule has 1 aromatic rings. The summed E-state index contributed by atoms with van der Waals surface area (Å²) in [5, 5.41) is 11.6. The molecule has 0 radical (unpaired) electrons. The lowest BCUT2D eigenvalue weighted by atomic mass is 9.68. The molecule has 0 bridgehead atoms. The normalized spacial score (nSPS) is 21.0. The van der Waals surface area contributed by atoms with E-state index >= 15 is 0 Å². The summed E-state index contributed by atoms with van der Waals surface area (Å²) in [5.41, 5.74) is 0.417. The minimum absolute atomic E-state index is 0.0135. The first-order valence-corrected chi connectivity index (χ1v) is 6.94. The van der Waals surface area contributed by atoms with Crippen LogP contribution in [0.4, 0.5) is 10.1 Å². The molecule has 1 aliphatic carbocycles. The van der Waals surface area contributed by atoms with Crippen molar-refractivity contribution in [3.63, 3.8) is 0 Å². The van der Waals surface area contributed by atoms with Crippen LogP contribution in [0.15, 0.2) is 18.2 Å². The summed E-state index contributed by atoms with van der Waals surface area (Å²) >= 11 is 0. The fraction of sp³-hybridized carbons (Fsp3) is 0.500. The van der Waals surface area contributed by atoms with Gasteiger partial charge in [0.15, 0.2) is 0 Å². The Morgan fingerprint density at radius 1 is 1.45 bits per heavy atom. The molecular weight excluding hydrogens is 255 g/mol. The molecule has 0 saturated heterocycles. The molecule has 1 unspecified atom stereocenters. The van der Waals surface area contributed by atoms with Crippen molar-refractivity contribution in [1.29, 1.82) is 5.26 Å². The predicted octanol–water partition coefficient (Wildman–Crippen LogP) is 3.85. The van der Waals surface area contributed by atoms with Gasteiger partial charge in [-0.05, 0) is 36.5 Å². The molecule has 0 aromatic heterocycles. The van der Waals surface area contributed by atoms with Crippen molar-refractivity contribution in [2.75, 3.05) is 5.32 Å². The monoisotopic (exact) mass is 274 g/mol. The third-order valence-electron chi connectivity index (χ3n) is 4.18. The molecule has 2 rings (SSSR count). The fourth-order valence-electron chi connectivity index (χ4n) is 2.90. The van der Waals surface area contributed by atoms with Gasteiger partial charge < -0.3 is 5.32 Å². The third-order valence-corrected chi connectivity index (χ3v) is 4.18. The molecule has 20 heavy (non-hydrogen) atoms. The van der Waals surface area contributed by atoms with Gasteiger partial charge in [0.2, 0.25) is 5.91 Å². The Hall–Kier alpha value is -1.89. The van der Waals surface area contributed by atoms with Gasteiger partial charge in [-0.1, -0.05) is 26.7 Å². The first kappa shape index (κ1) is 14.5. The van der Waals surface area contributed by atoms with E-state index in [1.165, 1.54) is 18.2 Å². The lowest BCUT2D eigenvalue weighted by Crippen LogP contribution is -2.37. The number of halogens is 1. The van der Waals surface area contributed by atoms with Gasteiger partial charge in [-0.15, -0.1) is 0 Å². The van der Waals surface area contributed by atoms with Crippen LogP contribution in [0, 0.1) is 28.5 Å². The van der Waals surface area contributed by atoms with E-state index in [1.807, 2.05) is 0 Å². The molecule has 0 spiro atoms. The average molecular weight is 274 g/mol. The molecule has 1 saturated carbocycles. The first-order valence-electron chi connectivity index (χ1n) is 6.94. The van der Waals surface area contributed by atoms with Crippen molar-refractivity contribution in [1.82, 2.24) is 0 Å². The Labute approximate surface area is 118 Å². The summed E-state index contributed by atoms with van der Waals surface area (Å²) in [6, 6.07) is 5.85. The number of rotatable bonds is 2. The lowest BCUT2D eigenvalue weighted by Gasteiger charge is -2.37. The number of nitrogens with zero attached hydrogens (tertiary/aromatic N) is 1. The predicted molar refractivity (Wildman–Crippen MR) is 75.5 cm³/mol. The van der Waals surface area contributed by atoms with E-state index in [1.54, 1.807) is 6.07 Å². The Balaban J connectivity index is 2.14. The molecule has 0 heterocycles. The summed E-state index contributed by atoms with van der Waals surface area (Å²) in [7, 11) is 0. The highest BCUT2D eigenvalue weighted by Gasteiger charge is 2.37. The fourth-order valence-corrected chi connectivity index (χ4v) is 2.90. The first-order chi connectivity index (χ1) is 9.44. The van der Waals surface area contributed by atoms with E-state index < -0.39 is 5.82 Å². The van der Waals surface area contributed by atoms with Crippen LogP contribution in [0.5, 0.6) is 0 Å². The van der Waals surface area contributed by atoms with Gasteiger partial charge in [0.1, 0.15) is 11.9 Å². The Morgan fingerprint density at radius 3 is 2.85 bits per heavy atom. The van der Waals surface area contributed by atoms with E-state index in [4.69, 9.17) is 5.26 Å². The van der Waals surface area contributed by atoms with Crippen molar-refractivity contribution in [2.24, 2.45) is 11.3 Å². The van der Waals surface area contributed by atoms with Crippen LogP contribution in [0.2, 0.25) is 0 Å². The van der Waals surface area contributed by atoms with Crippen LogP contribution >= 0.6 is 0 Å². The van der Waals surface area contributed by atoms with Crippen LogP contribution in [-0.2, 0) is 4.79 Å². The minimum Gasteiger partial charge on any atom is -0.326 e. The molecule has 1 atom stereocenters. The highest BCUT2D eigenvalue weighted by atomic mass is 19.1. The molecule has 1 amide bonds. The molecule has 1 aromatic carbocycles. The van der Waals surface area contributed by atoms with Crippen LogP contribution in [-0.4, -0.2) is 5.91 Å². The number of anilines is 1. The summed E-state index contributed by atoms with van der Waals surface area (Å²) in [4.78, 5) is 12.4. The summed E-state index contributed by atoms with van der Waals surface area (Å²) in [5.74, 6) is -0.638.